The van der Waals surface area contributed by atoms with Gasteiger partial charge < -0.3 is 9.84 Å². The van der Waals surface area contributed by atoms with Crippen molar-refractivity contribution >= 4 is 11.6 Å². The molecule has 2 rings (SSSR count). The summed E-state index contributed by atoms with van der Waals surface area (Å²) in [5.74, 6) is 1.43. The summed E-state index contributed by atoms with van der Waals surface area (Å²) in [7, 11) is 1.64. The maximum atomic E-state index is 8.95. The van der Waals surface area contributed by atoms with Crippen LogP contribution in [0.5, 0.6) is 5.75 Å². The maximum absolute atomic E-state index is 8.95. The fourth-order valence-corrected chi connectivity index (χ4v) is 2.73. The molecule has 0 aromatic heterocycles. The van der Waals surface area contributed by atoms with Gasteiger partial charge in [0.05, 0.1) is 7.11 Å². The quantitative estimate of drug-likeness (QED) is 0.892. The number of hydrogen-bond donors (Lipinski definition) is 1. The van der Waals surface area contributed by atoms with Gasteiger partial charge in [-0.25, -0.2) is 0 Å². The van der Waals surface area contributed by atoms with Gasteiger partial charge in [0.1, 0.15) is 5.75 Å². The molecule has 0 radical (unpaired) electrons. The molecule has 1 aliphatic rings. The van der Waals surface area contributed by atoms with Crippen LogP contribution >= 0.6 is 11.6 Å². The standard InChI is InChI=1S/C14H20ClNO2/c1-18-13-3-2-12(14(15)8-13)10-16-6-4-11(9-16)5-7-17/h2-3,8,11,17H,4-7,9-10H2,1H3. The highest BCUT2D eigenvalue weighted by molar-refractivity contribution is 6.31. The van der Waals surface area contributed by atoms with Crippen molar-refractivity contribution in [3.63, 3.8) is 0 Å². The SMILES string of the molecule is COc1ccc(CN2CCC(CCO)C2)c(Cl)c1. The average molecular weight is 270 g/mol. The van der Waals surface area contributed by atoms with E-state index in [2.05, 4.69) is 4.90 Å². The maximum Gasteiger partial charge on any atom is 0.120 e. The summed E-state index contributed by atoms with van der Waals surface area (Å²) in [4.78, 5) is 2.40. The molecule has 0 saturated carbocycles. The van der Waals surface area contributed by atoms with Gasteiger partial charge in [-0.15, -0.1) is 0 Å². The zero-order valence-corrected chi connectivity index (χ0v) is 11.5. The van der Waals surface area contributed by atoms with Crippen molar-refractivity contribution in [3.05, 3.63) is 28.8 Å². The van der Waals surface area contributed by atoms with Crippen LogP contribution in [-0.4, -0.2) is 36.8 Å². The van der Waals surface area contributed by atoms with Crippen LogP contribution in [0, 0.1) is 5.92 Å². The van der Waals surface area contributed by atoms with Crippen molar-refractivity contribution in [1.82, 2.24) is 4.90 Å². The van der Waals surface area contributed by atoms with Crippen LogP contribution in [0.25, 0.3) is 0 Å². The third-order valence-electron chi connectivity index (χ3n) is 3.56. The van der Waals surface area contributed by atoms with Gasteiger partial charge in [-0.3, -0.25) is 4.90 Å². The predicted octanol–water partition coefficient (Wildman–Crippen LogP) is 2.55. The second-order valence-electron chi connectivity index (χ2n) is 4.86. The molecule has 1 aromatic carbocycles. The Hall–Kier alpha value is -0.770. The van der Waals surface area contributed by atoms with Gasteiger partial charge in [0, 0.05) is 24.7 Å². The van der Waals surface area contributed by atoms with Crippen LogP contribution in [0.15, 0.2) is 18.2 Å². The Morgan fingerprint density at radius 2 is 2.33 bits per heavy atom. The molecular formula is C14H20ClNO2. The molecule has 1 aromatic rings. The Morgan fingerprint density at radius 3 is 3.00 bits per heavy atom. The lowest BCUT2D eigenvalue weighted by Gasteiger charge is -2.17. The molecule has 0 spiro atoms. The third-order valence-corrected chi connectivity index (χ3v) is 3.91. The molecule has 1 aliphatic heterocycles. The molecule has 0 bridgehead atoms. The Labute approximate surface area is 113 Å². The third kappa shape index (κ3) is 3.37. The van der Waals surface area contributed by atoms with Gasteiger partial charge in [0.2, 0.25) is 0 Å². The highest BCUT2D eigenvalue weighted by Gasteiger charge is 2.22. The molecule has 0 aliphatic carbocycles. The first kappa shape index (κ1) is 13.7. The van der Waals surface area contributed by atoms with E-state index < -0.39 is 0 Å². The first-order chi connectivity index (χ1) is 8.72. The summed E-state index contributed by atoms with van der Waals surface area (Å²) >= 11 is 6.24. The van der Waals surface area contributed by atoms with E-state index in [0.717, 1.165) is 42.4 Å². The Morgan fingerprint density at radius 1 is 1.50 bits per heavy atom. The highest BCUT2D eigenvalue weighted by atomic mass is 35.5. The molecule has 3 nitrogen and oxygen atoms in total. The summed E-state index contributed by atoms with van der Waals surface area (Å²) in [6.07, 6.45) is 2.08. The number of hydrogen-bond acceptors (Lipinski definition) is 3. The van der Waals surface area contributed by atoms with Crippen LogP contribution in [0.2, 0.25) is 5.02 Å². The molecule has 100 valence electrons. The molecule has 0 amide bonds. The predicted molar refractivity (Wildman–Crippen MR) is 73.1 cm³/mol. The zero-order chi connectivity index (χ0) is 13.0. The van der Waals surface area contributed by atoms with Gasteiger partial charge in [-0.1, -0.05) is 17.7 Å². The number of methoxy groups -OCH3 is 1. The van der Waals surface area contributed by atoms with Gasteiger partial charge in [0.25, 0.3) is 0 Å². The van der Waals surface area contributed by atoms with Crippen molar-refractivity contribution in [2.75, 3.05) is 26.8 Å². The monoisotopic (exact) mass is 269 g/mol. The van der Waals surface area contributed by atoms with Gasteiger partial charge >= 0.3 is 0 Å². The van der Waals surface area contributed by atoms with E-state index in [1.54, 1.807) is 7.11 Å². The van der Waals surface area contributed by atoms with E-state index in [1.807, 2.05) is 18.2 Å². The molecule has 18 heavy (non-hydrogen) atoms. The summed E-state index contributed by atoms with van der Waals surface area (Å²) in [6, 6.07) is 5.83. The topological polar surface area (TPSA) is 32.7 Å². The van der Waals surface area contributed by atoms with Crippen molar-refractivity contribution in [2.24, 2.45) is 5.92 Å². The number of ether oxygens (including phenoxy) is 1. The van der Waals surface area contributed by atoms with Crippen LogP contribution in [-0.2, 0) is 6.54 Å². The van der Waals surface area contributed by atoms with Gasteiger partial charge in [0.15, 0.2) is 0 Å². The molecule has 1 fully saturated rings. The van der Waals surface area contributed by atoms with E-state index in [1.165, 1.54) is 6.42 Å². The normalized spacial score (nSPS) is 20.3. The van der Waals surface area contributed by atoms with E-state index in [4.69, 9.17) is 21.4 Å². The zero-order valence-electron chi connectivity index (χ0n) is 10.7. The van der Waals surface area contributed by atoms with Crippen LogP contribution in [0.1, 0.15) is 18.4 Å². The van der Waals surface area contributed by atoms with Crippen molar-refractivity contribution in [2.45, 2.75) is 19.4 Å². The van der Waals surface area contributed by atoms with Gasteiger partial charge in [-0.05, 0) is 43.0 Å². The van der Waals surface area contributed by atoms with E-state index >= 15 is 0 Å². The van der Waals surface area contributed by atoms with Crippen molar-refractivity contribution in [3.8, 4) is 5.75 Å². The number of halogens is 1. The lowest BCUT2D eigenvalue weighted by atomic mass is 10.1. The van der Waals surface area contributed by atoms with E-state index in [9.17, 15) is 0 Å². The first-order valence-electron chi connectivity index (χ1n) is 6.38. The smallest absolute Gasteiger partial charge is 0.120 e. The van der Waals surface area contributed by atoms with Crippen LogP contribution < -0.4 is 4.74 Å². The lowest BCUT2D eigenvalue weighted by molar-refractivity contribution is 0.249. The average Bonchev–Trinajstić information content (AvgIpc) is 2.80. The summed E-state index contributed by atoms with van der Waals surface area (Å²) < 4.78 is 5.14. The molecule has 1 heterocycles. The number of aliphatic hydroxyl groups is 1. The van der Waals surface area contributed by atoms with Crippen molar-refractivity contribution in [1.29, 1.82) is 0 Å². The first-order valence-corrected chi connectivity index (χ1v) is 6.76. The summed E-state index contributed by atoms with van der Waals surface area (Å²) in [6.45, 7) is 3.32. The number of benzene rings is 1. The fraction of sp³-hybridized carbons (Fsp3) is 0.571. The summed E-state index contributed by atoms with van der Waals surface area (Å²) in [5, 5.41) is 9.71. The minimum Gasteiger partial charge on any atom is -0.497 e. The minimum atomic E-state index is 0.293. The van der Waals surface area contributed by atoms with Crippen LogP contribution in [0.4, 0.5) is 0 Å². The van der Waals surface area contributed by atoms with E-state index in [-0.39, 0.29) is 0 Å². The van der Waals surface area contributed by atoms with Gasteiger partial charge in [-0.2, -0.15) is 0 Å². The molecule has 1 atom stereocenters. The van der Waals surface area contributed by atoms with Crippen LogP contribution in [0.3, 0.4) is 0 Å². The Kier molecular flexibility index (Phi) is 4.87. The molecular weight excluding hydrogens is 250 g/mol. The minimum absolute atomic E-state index is 0.293. The van der Waals surface area contributed by atoms with Crippen molar-refractivity contribution < 1.29 is 9.84 Å². The molecule has 1 unspecified atom stereocenters. The second-order valence-corrected chi connectivity index (χ2v) is 5.27. The Balaban J connectivity index is 1.94. The summed E-state index contributed by atoms with van der Waals surface area (Å²) in [5.41, 5.74) is 1.14. The number of aliphatic hydroxyl groups excluding tert-OH is 1. The number of rotatable bonds is 5. The fourth-order valence-electron chi connectivity index (χ4n) is 2.50. The molecule has 4 heteroatoms. The molecule has 1 saturated heterocycles. The number of likely N-dealkylation sites (tertiary alicyclic amines) is 1. The van der Waals surface area contributed by atoms with E-state index in [0.29, 0.717) is 12.5 Å². The number of nitrogens with zero attached hydrogens (tertiary/aromatic N) is 1. The lowest BCUT2D eigenvalue weighted by Crippen LogP contribution is -2.20. The Bertz CT molecular complexity index is 397. The largest absolute Gasteiger partial charge is 0.497 e. The molecule has 1 N–H and O–H groups in total. The second kappa shape index (κ2) is 6.41. The highest BCUT2D eigenvalue weighted by Crippen LogP contribution is 2.26.